The van der Waals surface area contributed by atoms with Crippen molar-refractivity contribution in [2.24, 2.45) is 0 Å². The average Bonchev–Trinajstić information content (AvgIpc) is 2.06. The van der Waals surface area contributed by atoms with Crippen LogP contribution in [-0.4, -0.2) is 21.4 Å². The molecule has 0 aromatic heterocycles. The van der Waals surface area contributed by atoms with Crippen LogP contribution in [0.1, 0.15) is 5.56 Å². The van der Waals surface area contributed by atoms with Crippen molar-refractivity contribution in [1.29, 1.82) is 0 Å². The third-order valence-electron chi connectivity index (χ3n) is 1.56. The molecule has 0 radical (unpaired) electrons. The molecular formula is C9H10O2S. The summed E-state index contributed by atoms with van der Waals surface area (Å²) in [6, 6.07) is 9.40. The molecule has 0 bridgehead atoms. The molecule has 1 atom stereocenters. The number of rotatable bonds is 3. The van der Waals surface area contributed by atoms with Gasteiger partial charge in [0.05, 0.1) is 0 Å². The second-order valence-corrected chi connectivity index (χ2v) is 2.96. The van der Waals surface area contributed by atoms with Crippen molar-refractivity contribution in [3.05, 3.63) is 35.9 Å². The molecule has 0 saturated carbocycles. The summed E-state index contributed by atoms with van der Waals surface area (Å²) in [6.45, 7) is 0. The fourth-order valence-corrected chi connectivity index (χ4v) is 1.01. The maximum atomic E-state index is 9.19. The molecular weight excluding hydrogens is 172 g/mol. The predicted molar refractivity (Wildman–Crippen MR) is 51.4 cm³/mol. The van der Waals surface area contributed by atoms with E-state index in [1.165, 1.54) is 0 Å². The van der Waals surface area contributed by atoms with E-state index >= 15 is 0 Å². The first-order valence-corrected chi connectivity index (χ1v) is 4.06. The topological polar surface area (TPSA) is 40.5 Å². The second kappa shape index (κ2) is 4.18. The lowest BCUT2D eigenvalue weighted by molar-refractivity contribution is 0.222. The average molecular weight is 182 g/mol. The molecule has 0 aliphatic carbocycles. The highest BCUT2D eigenvalue weighted by atomic mass is 32.1. The van der Waals surface area contributed by atoms with Gasteiger partial charge in [-0.1, -0.05) is 30.3 Å². The molecule has 0 fully saturated rings. The Morgan fingerprint density at radius 1 is 1.33 bits per heavy atom. The predicted octanol–water partition coefficient (Wildman–Crippen LogP) is 1.48. The van der Waals surface area contributed by atoms with Crippen molar-refractivity contribution in [2.75, 3.05) is 0 Å². The minimum atomic E-state index is -0.928. The van der Waals surface area contributed by atoms with Crippen LogP contribution in [0.4, 0.5) is 0 Å². The van der Waals surface area contributed by atoms with E-state index in [0.717, 1.165) is 5.56 Å². The fraction of sp³-hybridized carbons (Fsp3) is 0.222. The minimum absolute atomic E-state index is 0.348. The highest BCUT2D eigenvalue weighted by Crippen LogP contribution is 2.03. The molecule has 0 saturated heterocycles. The maximum Gasteiger partial charge on any atom is 0.186 e. The standard InChI is InChI=1S/C9H10O2S/c10-8(9(11)12)6-7-4-2-1-3-5-7/h1-5,8,10H,6H2,(H,11,12). The monoisotopic (exact) mass is 182 g/mol. The molecule has 2 N–H and O–H groups in total. The lowest BCUT2D eigenvalue weighted by Crippen LogP contribution is -2.20. The summed E-state index contributed by atoms with van der Waals surface area (Å²) in [6.07, 6.45) is -0.557. The van der Waals surface area contributed by atoms with E-state index in [1.54, 1.807) is 0 Å². The smallest absolute Gasteiger partial charge is 0.186 e. The van der Waals surface area contributed by atoms with Crippen molar-refractivity contribution in [3.8, 4) is 0 Å². The summed E-state index contributed by atoms with van der Waals surface area (Å²) in [7, 11) is 0. The van der Waals surface area contributed by atoms with Gasteiger partial charge >= 0.3 is 0 Å². The normalized spacial score (nSPS) is 12.4. The van der Waals surface area contributed by atoms with Gasteiger partial charge in [0.25, 0.3) is 0 Å². The molecule has 3 heteroatoms. The highest BCUT2D eigenvalue weighted by Gasteiger charge is 2.08. The Kier molecular flexibility index (Phi) is 3.19. The van der Waals surface area contributed by atoms with Crippen LogP contribution >= 0.6 is 12.2 Å². The molecule has 1 aromatic rings. The minimum Gasteiger partial charge on any atom is -0.500 e. The van der Waals surface area contributed by atoms with Crippen molar-refractivity contribution in [3.63, 3.8) is 0 Å². The highest BCUT2D eigenvalue weighted by molar-refractivity contribution is 7.80. The van der Waals surface area contributed by atoms with Crippen LogP contribution in [0.3, 0.4) is 0 Å². The van der Waals surface area contributed by atoms with Crippen LogP contribution in [0.15, 0.2) is 30.3 Å². The fourth-order valence-electron chi connectivity index (χ4n) is 0.925. The van der Waals surface area contributed by atoms with E-state index < -0.39 is 6.10 Å². The van der Waals surface area contributed by atoms with Crippen LogP contribution in [0.2, 0.25) is 0 Å². The summed E-state index contributed by atoms with van der Waals surface area (Å²) >= 11 is 4.42. The van der Waals surface area contributed by atoms with E-state index in [9.17, 15) is 5.11 Å². The largest absolute Gasteiger partial charge is 0.500 e. The second-order valence-electron chi connectivity index (χ2n) is 2.54. The molecule has 1 aromatic carbocycles. The molecule has 0 amide bonds. The molecule has 64 valence electrons. The first-order valence-electron chi connectivity index (χ1n) is 3.65. The van der Waals surface area contributed by atoms with Crippen LogP contribution in [0.5, 0.6) is 0 Å². The van der Waals surface area contributed by atoms with Gasteiger partial charge in [-0.15, -0.1) is 0 Å². The van der Waals surface area contributed by atoms with Gasteiger partial charge in [0, 0.05) is 6.42 Å². The van der Waals surface area contributed by atoms with Crippen LogP contribution in [0.25, 0.3) is 0 Å². The first kappa shape index (κ1) is 9.16. The molecule has 12 heavy (non-hydrogen) atoms. The van der Waals surface area contributed by atoms with Crippen molar-refractivity contribution in [1.82, 2.24) is 0 Å². The number of benzene rings is 1. The Balaban J connectivity index is 2.58. The Bertz CT molecular complexity index is 258. The quantitative estimate of drug-likeness (QED) is 0.695. The van der Waals surface area contributed by atoms with Gasteiger partial charge in [-0.2, -0.15) is 0 Å². The van der Waals surface area contributed by atoms with Gasteiger partial charge in [0.2, 0.25) is 0 Å². The summed E-state index contributed by atoms with van der Waals surface area (Å²) in [5.41, 5.74) is 0.960. The molecule has 0 aliphatic heterocycles. The zero-order valence-corrected chi connectivity index (χ0v) is 7.29. The van der Waals surface area contributed by atoms with E-state index in [0.29, 0.717) is 6.42 Å². The number of thiocarbonyl (C=S) groups is 1. The summed E-state index contributed by atoms with van der Waals surface area (Å²) < 4.78 is 0. The summed E-state index contributed by atoms with van der Waals surface area (Å²) in [4.78, 5) is 0. The Labute approximate surface area is 76.5 Å². The van der Waals surface area contributed by atoms with E-state index in [-0.39, 0.29) is 5.05 Å². The van der Waals surface area contributed by atoms with Crippen molar-refractivity contribution >= 4 is 17.3 Å². The Hall–Kier alpha value is -0.930. The summed E-state index contributed by atoms with van der Waals surface area (Å²) in [5, 5.41) is 17.6. The first-order chi connectivity index (χ1) is 5.70. The Morgan fingerprint density at radius 3 is 2.42 bits per heavy atom. The van der Waals surface area contributed by atoms with Crippen LogP contribution in [-0.2, 0) is 6.42 Å². The molecule has 1 unspecified atom stereocenters. The molecule has 2 nitrogen and oxygen atoms in total. The molecule has 0 aliphatic rings. The van der Waals surface area contributed by atoms with Crippen LogP contribution < -0.4 is 0 Å². The molecule has 1 rings (SSSR count). The number of aliphatic hydroxyl groups is 2. The zero-order valence-electron chi connectivity index (χ0n) is 6.47. The maximum absolute atomic E-state index is 9.19. The van der Waals surface area contributed by atoms with Crippen molar-refractivity contribution in [2.45, 2.75) is 12.5 Å². The van der Waals surface area contributed by atoms with Gasteiger partial charge < -0.3 is 10.2 Å². The van der Waals surface area contributed by atoms with Gasteiger partial charge in [0.15, 0.2) is 5.05 Å². The molecule has 0 spiro atoms. The number of hydrogen-bond donors (Lipinski definition) is 2. The third kappa shape index (κ3) is 2.60. The summed E-state index contributed by atoms with van der Waals surface area (Å²) in [5.74, 6) is 0. The number of aliphatic hydroxyl groups excluding tert-OH is 2. The van der Waals surface area contributed by atoms with Gasteiger partial charge in [-0.3, -0.25) is 0 Å². The van der Waals surface area contributed by atoms with Crippen LogP contribution in [0, 0.1) is 0 Å². The van der Waals surface area contributed by atoms with Gasteiger partial charge in [0.1, 0.15) is 6.10 Å². The number of hydrogen-bond acceptors (Lipinski definition) is 2. The van der Waals surface area contributed by atoms with E-state index in [2.05, 4.69) is 12.2 Å². The van der Waals surface area contributed by atoms with E-state index in [1.807, 2.05) is 30.3 Å². The van der Waals surface area contributed by atoms with E-state index in [4.69, 9.17) is 5.11 Å². The third-order valence-corrected chi connectivity index (χ3v) is 1.83. The van der Waals surface area contributed by atoms with Crippen molar-refractivity contribution < 1.29 is 10.2 Å². The lowest BCUT2D eigenvalue weighted by atomic mass is 10.1. The van der Waals surface area contributed by atoms with Gasteiger partial charge in [-0.25, -0.2) is 0 Å². The lowest BCUT2D eigenvalue weighted by Gasteiger charge is -2.06. The molecule has 0 heterocycles. The SMILES string of the molecule is OC(=S)C(O)Cc1ccccc1. The Morgan fingerprint density at radius 2 is 1.92 bits per heavy atom. The van der Waals surface area contributed by atoms with Gasteiger partial charge in [-0.05, 0) is 17.8 Å². The zero-order chi connectivity index (χ0) is 8.97.